The summed E-state index contributed by atoms with van der Waals surface area (Å²) in [6, 6.07) is 20.1. The molecule has 0 unspecified atom stereocenters. The fourth-order valence-electron chi connectivity index (χ4n) is 3.29. The van der Waals surface area contributed by atoms with Gasteiger partial charge in [0.1, 0.15) is 17.9 Å². The third-order valence-electron chi connectivity index (χ3n) is 5.02. The molecule has 1 aromatic heterocycles. The molecule has 0 radical (unpaired) electrons. The predicted octanol–water partition coefficient (Wildman–Crippen LogP) is 4.22. The van der Waals surface area contributed by atoms with Gasteiger partial charge >= 0.3 is 11.6 Å². The second-order valence-corrected chi connectivity index (χ2v) is 7.13. The molecule has 7 heteroatoms. The SMILES string of the molecule is COc1ccc2c(COC(=O)c3ccc(C(=O)C(=O)c4ccccc4)cc3)cc(=O)oc2c1. The highest BCUT2D eigenvalue weighted by molar-refractivity contribution is 6.49. The van der Waals surface area contributed by atoms with Gasteiger partial charge < -0.3 is 13.9 Å². The molecule has 0 saturated heterocycles. The Labute approximate surface area is 188 Å². The molecule has 0 fully saturated rings. The third-order valence-corrected chi connectivity index (χ3v) is 5.02. The number of carbonyl (C=O) groups excluding carboxylic acids is 3. The van der Waals surface area contributed by atoms with E-state index >= 15 is 0 Å². The van der Waals surface area contributed by atoms with Crippen molar-refractivity contribution in [2.24, 2.45) is 0 Å². The van der Waals surface area contributed by atoms with Crippen LogP contribution in [0, 0.1) is 0 Å². The summed E-state index contributed by atoms with van der Waals surface area (Å²) < 4.78 is 15.7. The van der Waals surface area contributed by atoms with E-state index in [1.165, 1.54) is 37.4 Å². The first kappa shape index (κ1) is 21.7. The summed E-state index contributed by atoms with van der Waals surface area (Å²) >= 11 is 0. The van der Waals surface area contributed by atoms with Gasteiger partial charge in [0, 0.05) is 34.2 Å². The number of rotatable bonds is 7. The van der Waals surface area contributed by atoms with Gasteiger partial charge in [0.25, 0.3) is 0 Å². The maximum Gasteiger partial charge on any atom is 0.338 e. The molecule has 0 bridgehead atoms. The van der Waals surface area contributed by atoms with Crippen molar-refractivity contribution < 1.29 is 28.3 Å². The lowest BCUT2D eigenvalue weighted by Gasteiger charge is -2.08. The van der Waals surface area contributed by atoms with Crippen LogP contribution in [0.5, 0.6) is 5.75 Å². The van der Waals surface area contributed by atoms with Crippen LogP contribution in [0.1, 0.15) is 36.6 Å². The molecule has 7 nitrogen and oxygen atoms in total. The van der Waals surface area contributed by atoms with Crippen LogP contribution < -0.4 is 10.4 Å². The van der Waals surface area contributed by atoms with E-state index in [-0.39, 0.29) is 17.7 Å². The van der Waals surface area contributed by atoms with Crippen LogP contribution >= 0.6 is 0 Å². The number of esters is 1. The fourth-order valence-corrected chi connectivity index (χ4v) is 3.29. The molecule has 4 aromatic rings. The monoisotopic (exact) mass is 442 g/mol. The maximum absolute atomic E-state index is 12.5. The number of hydrogen-bond acceptors (Lipinski definition) is 7. The highest BCUT2D eigenvalue weighted by atomic mass is 16.5. The van der Waals surface area contributed by atoms with Crippen LogP contribution in [0.15, 0.2) is 88.1 Å². The molecule has 0 aliphatic heterocycles. The molecule has 0 N–H and O–H groups in total. The largest absolute Gasteiger partial charge is 0.497 e. The van der Waals surface area contributed by atoms with Crippen LogP contribution in [0.3, 0.4) is 0 Å². The van der Waals surface area contributed by atoms with Crippen LogP contribution in [-0.4, -0.2) is 24.6 Å². The predicted molar refractivity (Wildman–Crippen MR) is 120 cm³/mol. The molecule has 0 amide bonds. The summed E-state index contributed by atoms with van der Waals surface area (Å²) in [5, 5.41) is 0.614. The van der Waals surface area contributed by atoms with Gasteiger partial charge in [0.15, 0.2) is 0 Å². The van der Waals surface area contributed by atoms with E-state index in [9.17, 15) is 19.2 Å². The molecule has 0 aliphatic rings. The fraction of sp³-hybridized carbons (Fsp3) is 0.0769. The Hall–Kier alpha value is -4.52. The summed E-state index contributed by atoms with van der Waals surface area (Å²) in [5.74, 6) is -1.41. The van der Waals surface area contributed by atoms with Crippen molar-refractivity contribution in [2.45, 2.75) is 6.61 Å². The first-order chi connectivity index (χ1) is 16.0. The van der Waals surface area contributed by atoms with E-state index in [1.54, 1.807) is 48.5 Å². The van der Waals surface area contributed by atoms with Crippen molar-refractivity contribution in [3.05, 3.63) is 112 Å². The van der Waals surface area contributed by atoms with E-state index in [0.717, 1.165) is 0 Å². The van der Waals surface area contributed by atoms with Crippen molar-refractivity contribution in [1.82, 2.24) is 0 Å². The Balaban J connectivity index is 1.47. The van der Waals surface area contributed by atoms with Gasteiger partial charge in [-0.3, -0.25) is 9.59 Å². The molecular weight excluding hydrogens is 424 g/mol. The maximum atomic E-state index is 12.5. The average molecular weight is 442 g/mol. The lowest BCUT2D eigenvalue weighted by Crippen LogP contribution is -2.14. The van der Waals surface area contributed by atoms with Gasteiger partial charge in [-0.2, -0.15) is 0 Å². The van der Waals surface area contributed by atoms with Gasteiger partial charge in [-0.15, -0.1) is 0 Å². The van der Waals surface area contributed by atoms with Crippen LogP contribution in [-0.2, 0) is 11.3 Å². The van der Waals surface area contributed by atoms with Gasteiger partial charge in [0.05, 0.1) is 12.7 Å². The molecule has 164 valence electrons. The first-order valence-electron chi connectivity index (χ1n) is 9.98. The van der Waals surface area contributed by atoms with Crippen molar-refractivity contribution in [3.8, 4) is 5.75 Å². The highest BCUT2D eigenvalue weighted by Crippen LogP contribution is 2.23. The van der Waals surface area contributed by atoms with Crippen molar-refractivity contribution in [3.63, 3.8) is 0 Å². The molecule has 0 aliphatic carbocycles. The zero-order chi connectivity index (χ0) is 23.4. The second-order valence-electron chi connectivity index (χ2n) is 7.13. The van der Waals surface area contributed by atoms with E-state index < -0.39 is 23.2 Å². The van der Waals surface area contributed by atoms with E-state index in [4.69, 9.17) is 13.9 Å². The number of hydrogen-bond donors (Lipinski definition) is 0. The average Bonchev–Trinajstić information content (AvgIpc) is 2.86. The minimum Gasteiger partial charge on any atom is -0.497 e. The van der Waals surface area contributed by atoms with E-state index in [1.807, 2.05) is 0 Å². The van der Waals surface area contributed by atoms with Crippen LogP contribution in [0.25, 0.3) is 11.0 Å². The lowest BCUT2D eigenvalue weighted by atomic mass is 10.0. The van der Waals surface area contributed by atoms with Crippen molar-refractivity contribution in [1.29, 1.82) is 0 Å². The Morgan fingerprint density at radius 2 is 1.42 bits per heavy atom. The van der Waals surface area contributed by atoms with Crippen LogP contribution in [0.4, 0.5) is 0 Å². The smallest absolute Gasteiger partial charge is 0.338 e. The summed E-state index contributed by atoms with van der Waals surface area (Å²) in [4.78, 5) is 49.1. The first-order valence-corrected chi connectivity index (χ1v) is 9.98. The minimum atomic E-state index is -0.668. The number of fused-ring (bicyclic) bond motifs is 1. The Bertz CT molecular complexity index is 1400. The Kier molecular flexibility index (Phi) is 6.13. The lowest BCUT2D eigenvalue weighted by molar-refractivity contribution is 0.0473. The number of benzene rings is 3. The molecule has 4 rings (SSSR count). The Morgan fingerprint density at radius 1 is 0.788 bits per heavy atom. The van der Waals surface area contributed by atoms with E-state index in [0.29, 0.717) is 27.8 Å². The van der Waals surface area contributed by atoms with E-state index in [2.05, 4.69) is 0 Å². The van der Waals surface area contributed by atoms with Crippen molar-refractivity contribution >= 4 is 28.5 Å². The van der Waals surface area contributed by atoms with Gasteiger partial charge in [-0.25, -0.2) is 9.59 Å². The summed E-state index contributed by atoms with van der Waals surface area (Å²) in [6.45, 7) is -0.152. The quantitative estimate of drug-likeness (QED) is 0.183. The normalized spacial score (nSPS) is 10.6. The number of ether oxygens (including phenoxy) is 2. The zero-order valence-corrected chi connectivity index (χ0v) is 17.6. The minimum absolute atomic E-state index is 0.152. The summed E-state index contributed by atoms with van der Waals surface area (Å²) in [6.07, 6.45) is 0. The second kappa shape index (κ2) is 9.32. The van der Waals surface area contributed by atoms with Gasteiger partial charge in [0.2, 0.25) is 11.6 Å². The number of Topliss-reactive ketones (excluding diaryl/α,β-unsaturated/α-hetero) is 2. The number of carbonyl (C=O) groups is 3. The summed E-state index contributed by atoms with van der Waals surface area (Å²) in [7, 11) is 1.50. The van der Waals surface area contributed by atoms with Gasteiger partial charge in [-0.05, 0) is 24.3 Å². The van der Waals surface area contributed by atoms with Crippen LogP contribution in [0.2, 0.25) is 0 Å². The number of ketones is 2. The molecule has 3 aromatic carbocycles. The summed E-state index contributed by atoms with van der Waals surface area (Å²) in [5.41, 5.74) is 0.890. The Morgan fingerprint density at radius 3 is 2.09 bits per heavy atom. The molecular formula is C26H18O7. The van der Waals surface area contributed by atoms with Crippen molar-refractivity contribution in [2.75, 3.05) is 7.11 Å². The number of methoxy groups -OCH3 is 1. The zero-order valence-electron chi connectivity index (χ0n) is 17.6. The molecule has 1 heterocycles. The molecule has 0 atom stereocenters. The third kappa shape index (κ3) is 4.72. The molecule has 33 heavy (non-hydrogen) atoms. The molecule has 0 saturated carbocycles. The van der Waals surface area contributed by atoms with Gasteiger partial charge in [-0.1, -0.05) is 42.5 Å². The topological polar surface area (TPSA) is 99.9 Å². The molecule has 0 spiro atoms. The highest BCUT2D eigenvalue weighted by Gasteiger charge is 2.19. The standard InChI is InChI=1S/C26H18O7/c1-31-20-11-12-21-19(13-23(27)33-22(21)14-20)15-32-26(30)18-9-7-17(8-10-18)25(29)24(28)16-5-3-2-4-6-16/h2-14H,15H2,1H3.